The third-order valence-corrected chi connectivity index (χ3v) is 8.94. The highest BCUT2D eigenvalue weighted by atomic mass is 16.5. The van der Waals surface area contributed by atoms with E-state index in [0.29, 0.717) is 28.7 Å². The summed E-state index contributed by atoms with van der Waals surface area (Å²) in [5.74, 6) is 1.64. The van der Waals surface area contributed by atoms with Crippen molar-refractivity contribution in [3.8, 4) is 28.7 Å². The van der Waals surface area contributed by atoms with Crippen LogP contribution in [0.3, 0.4) is 0 Å². The number of hydrogen-bond acceptors (Lipinski definition) is 6. The van der Waals surface area contributed by atoms with Gasteiger partial charge in [0, 0.05) is 35.5 Å². The summed E-state index contributed by atoms with van der Waals surface area (Å²) in [5, 5.41) is 28.4. The molecule has 0 bridgehead atoms. The number of pyridine rings is 1. The number of ether oxygens (including phenoxy) is 1. The molecule has 5 rings (SSSR count). The third kappa shape index (κ3) is 6.40. The number of amides is 1. The lowest BCUT2D eigenvalue weighted by atomic mass is 9.76. The number of anilines is 1. The minimum Gasteiger partial charge on any atom is -0.504 e. The van der Waals surface area contributed by atoms with E-state index in [-0.39, 0.29) is 29.4 Å². The van der Waals surface area contributed by atoms with Crippen LogP contribution >= 0.6 is 0 Å². The molecule has 2 saturated carbocycles. The normalized spacial score (nSPS) is 19.6. The van der Waals surface area contributed by atoms with Crippen molar-refractivity contribution in [2.45, 2.75) is 90.0 Å². The van der Waals surface area contributed by atoms with Crippen molar-refractivity contribution in [1.82, 2.24) is 14.8 Å². The van der Waals surface area contributed by atoms with Crippen molar-refractivity contribution in [2.24, 2.45) is 11.8 Å². The second-order valence-electron chi connectivity index (χ2n) is 12.0. The Kier molecular flexibility index (Phi) is 8.92. The van der Waals surface area contributed by atoms with E-state index in [1.807, 2.05) is 29.2 Å². The lowest BCUT2D eigenvalue weighted by Gasteiger charge is -2.29. The summed E-state index contributed by atoms with van der Waals surface area (Å²) < 4.78 is 7.20. The third-order valence-electron chi connectivity index (χ3n) is 8.94. The van der Waals surface area contributed by atoms with Crippen molar-refractivity contribution in [2.75, 3.05) is 12.4 Å². The fourth-order valence-corrected chi connectivity index (χ4v) is 6.52. The summed E-state index contributed by atoms with van der Waals surface area (Å²) in [5.41, 5.74) is 4.29. The van der Waals surface area contributed by atoms with E-state index in [1.165, 1.54) is 12.0 Å². The van der Waals surface area contributed by atoms with Crippen LogP contribution in [0.15, 0.2) is 36.8 Å². The van der Waals surface area contributed by atoms with Crippen molar-refractivity contribution in [1.29, 1.82) is 5.26 Å². The molecule has 2 heterocycles. The van der Waals surface area contributed by atoms with Gasteiger partial charge in [-0.05, 0) is 93.9 Å². The van der Waals surface area contributed by atoms with E-state index in [1.54, 1.807) is 13.3 Å². The first-order valence-electron chi connectivity index (χ1n) is 15.0. The predicted molar refractivity (Wildman–Crippen MR) is 159 cm³/mol. The molecule has 8 nitrogen and oxygen atoms in total. The van der Waals surface area contributed by atoms with Gasteiger partial charge >= 0.3 is 0 Å². The first kappa shape index (κ1) is 28.7. The summed E-state index contributed by atoms with van der Waals surface area (Å²) in [4.78, 5) is 17.5. The van der Waals surface area contributed by atoms with Gasteiger partial charge in [-0.2, -0.15) is 10.4 Å². The Labute approximate surface area is 242 Å². The van der Waals surface area contributed by atoms with Crippen LogP contribution in [0.5, 0.6) is 11.5 Å². The number of methoxy groups -OCH3 is 1. The molecule has 3 aromatic rings. The van der Waals surface area contributed by atoms with E-state index in [2.05, 4.69) is 41.4 Å². The Bertz CT molecular complexity index is 1410. The molecular formula is C33H41N5O3. The molecule has 0 aliphatic heterocycles. The van der Waals surface area contributed by atoms with Gasteiger partial charge in [0.15, 0.2) is 11.6 Å². The summed E-state index contributed by atoms with van der Waals surface area (Å²) in [7, 11) is 1.59. The van der Waals surface area contributed by atoms with E-state index in [4.69, 9.17) is 4.74 Å². The molecule has 0 saturated heterocycles. The molecule has 0 radical (unpaired) electrons. The quantitative estimate of drug-likeness (QED) is 0.305. The van der Waals surface area contributed by atoms with Crippen molar-refractivity contribution in [3.63, 3.8) is 0 Å². The largest absolute Gasteiger partial charge is 0.504 e. The standard InChI is InChI=1S/C33H41N5O3/c1-21(2)38-20-28(19-36-38)30-27(18-35-32(31(30)39)37-33(40)24-7-5-4-6-8-24)15-22-9-11-23(12-10-22)25-13-14-29(41-3)26(16-25)17-34/h13-14,16,18-24,39H,4-12,15H2,1-3H3,(H,35,37,40). The lowest BCUT2D eigenvalue weighted by Crippen LogP contribution is -2.25. The number of aromatic hydroxyl groups is 1. The number of rotatable bonds is 8. The number of nitrogens with zero attached hydrogens (tertiary/aromatic N) is 4. The maximum absolute atomic E-state index is 13.0. The number of hydrogen-bond donors (Lipinski definition) is 2. The Balaban J connectivity index is 1.35. The molecule has 0 spiro atoms. The Morgan fingerprint density at radius 2 is 1.90 bits per heavy atom. The van der Waals surface area contributed by atoms with Gasteiger partial charge in [0.25, 0.3) is 0 Å². The van der Waals surface area contributed by atoms with Gasteiger partial charge in [0.2, 0.25) is 5.91 Å². The second-order valence-corrected chi connectivity index (χ2v) is 12.0. The number of carbonyl (C=O) groups is 1. The SMILES string of the molecule is COc1ccc(C2CCC(Cc3cnc(NC(=O)C4CCCCC4)c(O)c3-c3cnn(C(C)C)c3)CC2)cc1C#N. The maximum Gasteiger partial charge on any atom is 0.228 e. The maximum atomic E-state index is 13.0. The van der Waals surface area contributed by atoms with Crippen molar-refractivity contribution < 1.29 is 14.6 Å². The molecule has 2 aliphatic carbocycles. The highest BCUT2D eigenvalue weighted by Crippen LogP contribution is 2.42. The van der Waals surface area contributed by atoms with Gasteiger partial charge in [0.1, 0.15) is 11.8 Å². The minimum absolute atomic E-state index is 0.0194. The van der Waals surface area contributed by atoms with Gasteiger partial charge in [-0.15, -0.1) is 0 Å². The van der Waals surface area contributed by atoms with E-state index in [0.717, 1.165) is 68.9 Å². The molecule has 2 N–H and O–H groups in total. The zero-order valence-electron chi connectivity index (χ0n) is 24.4. The highest BCUT2D eigenvalue weighted by molar-refractivity contribution is 5.94. The van der Waals surface area contributed by atoms with Gasteiger partial charge in [0.05, 0.1) is 18.9 Å². The van der Waals surface area contributed by atoms with Crippen LogP contribution in [-0.2, 0) is 11.2 Å². The first-order valence-corrected chi connectivity index (χ1v) is 15.0. The molecule has 2 aromatic heterocycles. The molecule has 2 fully saturated rings. The molecule has 8 heteroatoms. The van der Waals surface area contributed by atoms with Crippen LogP contribution in [0, 0.1) is 23.2 Å². The Morgan fingerprint density at radius 3 is 2.56 bits per heavy atom. The number of benzene rings is 1. The minimum atomic E-state index is -0.0551. The van der Waals surface area contributed by atoms with Crippen LogP contribution in [-0.4, -0.2) is 32.9 Å². The zero-order valence-corrected chi connectivity index (χ0v) is 24.4. The summed E-state index contributed by atoms with van der Waals surface area (Å²) in [6.45, 7) is 4.14. The smallest absolute Gasteiger partial charge is 0.228 e. The fraction of sp³-hybridized carbons (Fsp3) is 0.515. The summed E-state index contributed by atoms with van der Waals surface area (Å²) >= 11 is 0. The van der Waals surface area contributed by atoms with Crippen molar-refractivity contribution in [3.05, 3.63) is 53.5 Å². The molecule has 1 amide bonds. The van der Waals surface area contributed by atoms with Crippen LogP contribution in [0.2, 0.25) is 0 Å². The molecule has 41 heavy (non-hydrogen) atoms. The number of carbonyl (C=O) groups excluding carboxylic acids is 1. The Morgan fingerprint density at radius 1 is 1.15 bits per heavy atom. The Hall–Kier alpha value is -3.86. The average molecular weight is 556 g/mol. The summed E-state index contributed by atoms with van der Waals surface area (Å²) in [6.07, 6.45) is 15.6. The predicted octanol–water partition coefficient (Wildman–Crippen LogP) is 7.15. The molecule has 2 aliphatic rings. The van der Waals surface area contributed by atoms with E-state index in [9.17, 15) is 15.2 Å². The number of nitriles is 1. The molecular weight excluding hydrogens is 514 g/mol. The highest BCUT2D eigenvalue weighted by Gasteiger charge is 2.28. The monoisotopic (exact) mass is 555 g/mol. The van der Waals surface area contributed by atoms with E-state index >= 15 is 0 Å². The van der Waals surface area contributed by atoms with Gasteiger partial charge < -0.3 is 15.2 Å². The van der Waals surface area contributed by atoms with Crippen molar-refractivity contribution >= 4 is 11.7 Å². The van der Waals surface area contributed by atoms with Crippen LogP contribution in [0.4, 0.5) is 5.82 Å². The zero-order chi connectivity index (χ0) is 28.9. The lowest BCUT2D eigenvalue weighted by molar-refractivity contribution is -0.120. The molecule has 0 unspecified atom stereocenters. The fourth-order valence-electron chi connectivity index (χ4n) is 6.52. The number of nitrogens with one attached hydrogen (secondary N) is 1. The van der Waals surface area contributed by atoms with Crippen LogP contribution in [0.25, 0.3) is 11.1 Å². The van der Waals surface area contributed by atoms with Crippen LogP contribution < -0.4 is 10.1 Å². The van der Waals surface area contributed by atoms with E-state index < -0.39 is 0 Å². The summed E-state index contributed by atoms with van der Waals surface area (Å²) in [6, 6.07) is 8.39. The average Bonchev–Trinajstić information content (AvgIpc) is 3.49. The van der Waals surface area contributed by atoms with Gasteiger partial charge in [-0.1, -0.05) is 25.3 Å². The number of aromatic nitrogens is 3. The molecule has 1 aromatic carbocycles. The first-order chi connectivity index (χ1) is 19.9. The van der Waals surface area contributed by atoms with Crippen LogP contribution in [0.1, 0.15) is 100 Å². The van der Waals surface area contributed by atoms with Gasteiger partial charge in [-0.3, -0.25) is 9.48 Å². The molecule has 216 valence electrons. The second kappa shape index (κ2) is 12.8. The topological polar surface area (TPSA) is 113 Å². The molecule has 0 atom stereocenters. The van der Waals surface area contributed by atoms with Gasteiger partial charge in [-0.25, -0.2) is 4.98 Å².